The van der Waals surface area contributed by atoms with Gasteiger partial charge in [0.2, 0.25) is 5.91 Å². The largest absolute Gasteiger partial charge is 0.339 e. The molecule has 1 aliphatic heterocycles. The van der Waals surface area contributed by atoms with Gasteiger partial charge in [0.1, 0.15) is 6.54 Å². The number of nitrogens with zero attached hydrogens (tertiary/aromatic N) is 6. The average molecular weight is 473 g/mol. The first kappa shape index (κ1) is 22.8. The summed E-state index contributed by atoms with van der Waals surface area (Å²) >= 11 is 0. The molecule has 0 spiro atoms. The van der Waals surface area contributed by atoms with E-state index in [9.17, 15) is 14.4 Å². The van der Waals surface area contributed by atoms with Gasteiger partial charge >= 0.3 is 5.69 Å². The number of amides is 1. The molecule has 2 aromatic heterocycles. The number of hydrogen-bond donors (Lipinski definition) is 0. The van der Waals surface area contributed by atoms with Gasteiger partial charge < -0.3 is 9.47 Å². The number of benzene rings is 2. The fraction of sp³-hybridized carbons (Fsp3) is 0.308. The van der Waals surface area contributed by atoms with E-state index in [0.717, 1.165) is 4.57 Å². The van der Waals surface area contributed by atoms with Gasteiger partial charge in [0, 0.05) is 40.3 Å². The fourth-order valence-electron chi connectivity index (χ4n) is 4.89. The minimum absolute atomic E-state index is 0.0943. The summed E-state index contributed by atoms with van der Waals surface area (Å²) in [5.41, 5.74) is 1.99. The van der Waals surface area contributed by atoms with Crippen molar-refractivity contribution in [3.63, 3.8) is 0 Å². The van der Waals surface area contributed by atoms with Crippen LogP contribution in [0.3, 0.4) is 0 Å². The lowest BCUT2D eigenvalue weighted by Crippen LogP contribution is -2.52. The maximum atomic E-state index is 13.1. The number of rotatable bonds is 5. The number of hydrogen-bond acceptors (Lipinski definition) is 5. The minimum Gasteiger partial charge on any atom is -0.339 e. The topological polar surface area (TPSA) is 85.4 Å². The Balaban J connectivity index is 1.34. The fourth-order valence-corrected chi connectivity index (χ4v) is 4.89. The molecular weight excluding hydrogens is 444 g/mol. The Morgan fingerprint density at radius 2 is 1.46 bits per heavy atom. The lowest BCUT2D eigenvalue weighted by atomic mass is 9.96. The van der Waals surface area contributed by atoms with Crippen LogP contribution in [0.2, 0.25) is 0 Å². The summed E-state index contributed by atoms with van der Waals surface area (Å²) in [6.07, 6.45) is 1.49. The Hall–Kier alpha value is -3.98. The van der Waals surface area contributed by atoms with Crippen molar-refractivity contribution in [3.05, 3.63) is 99.0 Å². The molecule has 1 aliphatic rings. The lowest BCUT2D eigenvalue weighted by Gasteiger charge is -2.39. The van der Waals surface area contributed by atoms with E-state index in [0.29, 0.717) is 37.3 Å². The van der Waals surface area contributed by atoms with Gasteiger partial charge in [-0.1, -0.05) is 60.7 Å². The number of piperazine rings is 1. The van der Waals surface area contributed by atoms with Crippen LogP contribution in [0.4, 0.5) is 0 Å². The van der Waals surface area contributed by atoms with Gasteiger partial charge in [0.05, 0.1) is 12.4 Å². The van der Waals surface area contributed by atoms with Crippen molar-refractivity contribution in [1.29, 1.82) is 0 Å². The second kappa shape index (κ2) is 9.34. The SMILES string of the molecule is Cn1cnc2c1c(=O)n(CC(=O)N1CCN(C(c3ccccc3)c3ccccc3)CC1)c(=O)n2C. The van der Waals surface area contributed by atoms with Crippen molar-refractivity contribution in [2.75, 3.05) is 26.2 Å². The average Bonchev–Trinajstić information content (AvgIpc) is 3.28. The third kappa shape index (κ3) is 4.19. The maximum absolute atomic E-state index is 13.1. The van der Waals surface area contributed by atoms with Crippen LogP contribution in [0.25, 0.3) is 11.2 Å². The standard InChI is InChI=1S/C26H28N6O3/c1-28-18-27-24-23(28)25(34)32(26(35)29(24)2)17-21(33)30-13-15-31(16-14-30)22(19-9-5-3-6-10-19)20-11-7-4-8-12-20/h3-12,18,22H,13-17H2,1-2H3. The molecule has 0 atom stereocenters. The molecule has 180 valence electrons. The van der Waals surface area contributed by atoms with Crippen LogP contribution in [-0.2, 0) is 25.4 Å². The molecule has 35 heavy (non-hydrogen) atoms. The third-order valence-corrected chi connectivity index (χ3v) is 6.76. The molecule has 0 bridgehead atoms. The van der Waals surface area contributed by atoms with Gasteiger partial charge in [-0.05, 0) is 11.1 Å². The smallest absolute Gasteiger partial charge is 0.332 e. The van der Waals surface area contributed by atoms with E-state index in [1.165, 1.54) is 22.0 Å². The molecule has 0 saturated carbocycles. The highest BCUT2D eigenvalue weighted by atomic mass is 16.2. The zero-order valence-electron chi connectivity index (χ0n) is 19.9. The zero-order chi connectivity index (χ0) is 24.5. The summed E-state index contributed by atoms with van der Waals surface area (Å²) in [4.78, 5) is 47.1. The number of aromatic nitrogens is 4. The molecule has 5 rings (SSSR count). The van der Waals surface area contributed by atoms with Crippen LogP contribution in [0.1, 0.15) is 17.2 Å². The van der Waals surface area contributed by atoms with E-state index in [1.54, 1.807) is 23.6 Å². The van der Waals surface area contributed by atoms with Crippen LogP contribution in [-0.4, -0.2) is 60.6 Å². The predicted molar refractivity (Wildman–Crippen MR) is 133 cm³/mol. The Labute approximate surface area is 202 Å². The molecule has 9 nitrogen and oxygen atoms in total. The predicted octanol–water partition coefficient (Wildman–Crippen LogP) is 1.37. The molecule has 3 heterocycles. The monoisotopic (exact) mass is 472 g/mol. The normalized spacial score (nSPS) is 14.7. The number of fused-ring (bicyclic) bond motifs is 1. The van der Waals surface area contributed by atoms with Crippen molar-refractivity contribution in [2.45, 2.75) is 12.6 Å². The Kier molecular flexibility index (Phi) is 6.08. The summed E-state index contributed by atoms with van der Waals surface area (Å²) < 4.78 is 3.89. The highest BCUT2D eigenvalue weighted by molar-refractivity contribution is 5.77. The van der Waals surface area contributed by atoms with Crippen molar-refractivity contribution in [1.82, 2.24) is 28.5 Å². The Bertz CT molecular complexity index is 1420. The van der Waals surface area contributed by atoms with Crippen LogP contribution >= 0.6 is 0 Å². The first-order valence-electron chi connectivity index (χ1n) is 11.7. The summed E-state index contributed by atoms with van der Waals surface area (Å²) in [5.74, 6) is -0.235. The molecule has 0 aliphatic carbocycles. The molecule has 0 unspecified atom stereocenters. The van der Waals surface area contributed by atoms with Crippen LogP contribution in [0.15, 0.2) is 76.6 Å². The van der Waals surface area contributed by atoms with Gasteiger partial charge in [-0.15, -0.1) is 0 Å². The summed E-state index contributed by atoms with van der Waals surface area (Å²) in [6, 6.07) is 20.8. The molecule has 1 saturated heterocycles. The van der Waals surface area contributed by atoms with E-state index in [1.807, 2.05) is 36.4 Å². The molecule has 9 heteroatoms. The van der Waals surface area contributed by atoms with Gasteiger partial charge in [0.25, 0.3) is 5.56 Å². The highest BCUT2D eigenvalue weighted by Gasteiger charge is 2.29. The zero-order valence-corrected chi connectivity index (χ0v) is 19.9. The van der Waals surface area contributed by atoms with E-state index in [4.69, 9.17) is 0 Å². The quantitative estimate of drug-likeness (QED) is 0.438. The number of carbonyl (C=O) groups is 1. The first-order chi connectivity index (χ1) is 17.0. The Morgan fingerprint density at radius 3 is 2.03 bits per heavy atom. The minimum atomic E-state index is -0.540. The van der Waals surface area contributed by atoms with Crippen molar-refractivity contribution >= 4 is 17.1 Å². The summed E-state index contributed by atoms with van der Waals surface area (Å²) in [7, 11) is 3.26. The van der Waals surface area contributed by atoms with E-state index < -0.39 is 11.2 Å². The van der Waals surface area contributed by atoms with Crippen LogP contribution in [0.5, 0.6) is 0 Å². The molecule has 1 amide bonds. The summed E-state index contributed by atoms with van der Waals surface area (Å²) in [6.45, 7) is 2.14. The van der Waals surface area contributed by atoms with Gasteiger partial charge in [0.15, 0.2) is 11.2 Å². The van der Waals surface area contributed by atoms with Crippen LogP contribution in [0, 0.1) is 0 Å². The molecular formula is C26H28N6O3. The molecule has 1 fully saturated rings. The third-order valence-electron chi connectivity index (χ3n) is 6.76. The number of imidazole rings is 1. The van der Waals surface area contributed by atoms with Gasteiger partial charge in [-0.2, -0.15) is 0 Å². The second-order valence-corrected chi connectivity index (χ2v) is 8.90. The van der Waals surface area contributed by atoms with Crippen molar-refractivity contribution in [3.8, 4) is 0 Å². The molecule has 2 aromatic carbocycles. The van der Waals surface area contributed by atoms with Gasteiger partial charge in [-0.25, -0.2) is 14.3 Å². The summed E-state index contributed by atoms with van der Waals surface area (Å²) in [5, 5.41) is 0. The van der Waals surface area contributed by atoms with Crippen molar-refractivity contribution < 1.29 is 4.79 Å². The van der Waals surface area contributed by atoms with Crippen LogP contribution < -0.4 is 11.2 Å². The first-order valence-corrected chi connectivity index (χ1v) is 11.7. The van der Waals surface area contributed by atoms with Crippen molar-refractivity contribution in [2.24, 2.45) is 14.1 Å². The number of aryl methyl sites for hydroxylation is 2. The van der Waals surface area contributed by atoms with Gasteiger partial charge in [-0.3, -0.25) is 19.1 Å². The molecule has 0 N–H and O–H groups in total. The number of carbonyl (C=O) groups excluding carboxylic acids is 1. The van der Waals surface area contributed by atoms with E-state index in [-0.39, 0.29) is 18.5 Å². The molecule has 4 aromatic rings. The lowest BCUT2D eigenvalue weighted by molar-refractivity contribution is -0.134. The van der Waals surface area contributed by atoms with E-state index in [2.05, 4.69) is 34.1 Å². The molecule has 0 radical (unpaired) electrons. The maximum Gasteiger partial charge on any atom is 0.332 e. The van der Waals surface area contributed by atoms with E-state index >= 15 is 0 Å². The second-order valence-electron chi connectivity index (χ2n) is 8.90. The Morgan fingerprint density at radius 1 is 0.886 bits per heavy atom. The highest BCUT2D eigenvalue weighted by Crippen LogP contribution is 2.29.